The van der Waals surface area contributed by atoms with Gasteiger partial charge in [-0.1, -0.05) is 30.2 Å². The minimum absolute atomic E-state index is 0.00327. The van der Waals surface area contributed by atoms with Crippen LogP contribution in [0.2, 0.25) is 0 Å². The highest BCUT2D eigenvalue weighted by Gasteiger charge is 2.75. The van der Waals surface area contributed by atoms with Crippen molar-refractivity contribution >= 4 is 22.1 Å². The van der Waals surface area contributed by atoms with E-state index in [4.69, 9.17) is 14.0 Å². The summed E-state index contributed by atoms with van der Waals surface area (Å²) in [6.45, 7) is 4.05. The van der Waals surface area contributed by atoms with Gasteiger partial charge in [-0.25, -0.2) is 4.79 Å². The Morgan fingerprint density at radius 2 is 1.85 bits per heavy atom. The average molecular weight is 559 g/mol. The summed E-state index contributed by atoms with van der Waals surface area (Å²) in [4.78, 5) is 23.6. The van der Waals surface area contributed by atoms with Gasteiger partial charge >= 0.3 is 6.16 Å². The van der Waals surface area contributed by atoms with Crippen molar-refractivity contribution in [1.29, 1.82) is 0 Å². The number of fused-ring (bicyclic) bond motifs is 7. The van der Waals surface area contributed by atoms with Crippen LogP contribution in [0.1, 0.15) is 57.4 Å². The lowest BCUT2D eigenvalue weighted by atomic mass is 9.47. The van der Waals surface area contributed by atoms with E-state index < -0.39 is 21.9 Å². The van der Waals surface area contributed by atoms with Crippen molar-refractivity contribution in [1.82, 2.24) is 0 Å². The molecule has 0 bridgehead atoms. The van der Waals surface area contributed by atoms with Crippen LogP contribution >= 0.6 is 0 Å². The van der Waals surface area contributed by atoms with E-state index in [0.29, 0.717) is 30.6 Å². The van der Waals surface area contributed by atoms with Crippen molar-refractivity contribution in [3.8, 4) is 0 Å². The number of hydrogen-bond donors (Lipinski definition) is 2. The fraction of sp³-hybridized carbons (Fsp3) is 0.667. The molecule has 212 valence electrons. The van der Waals surface area contributed by atoms with Crippen LogP contribution < -0.4 is 0 Å². The monoisotopic (exact) mass is 558 g/mol. The second kappa shape index (κ2) is 9.42. The van der Waals surface area contributed by atoms with Crippen LogP contribution in [0.3, 0.4) is 0 Å². The molecule has 1 aromatic rings. The van der Waals surface area contributed by atoms with E-state index in [0.717, 1.165) is 43.2 Å². The third-order valence-electron chi connectivity index (χ3n) is 11.1. The lowest BCUT2D eigenvalue weighted by molar-refractivity contribution is -0.151. The molecule has 0 aliphatic heterocycles. The molecular formula is C30H38O8S. The first-order valence-corrected chi connectivity index (χ1v) is 15.6. The third kappa shape index (κ3) is 4.36. The van der Waals surface area contributed by atoms with Crippen LogP contribution in [0, 0.1) is 53.8 Å². The number of aliphatic hydroxyl groups is 1. The van der Waals surface area contributed by atoms with Gasteiger partial charge in [0.15, 0.2) is 5.78 Å². The molecule has 0 spiro atoms. The smallest absolute Gasteiger partial charge is 0.450 e. The molecule has 4 saturated carbocycles. The maximum atomic E-state index is 13.0. The predicted molar refractivity (Wildman–Crippen MR) is 141 cm³/mol. The van der Waals surface area contributed by atoms with Gasteiger partial charge in [0.2, 0.25) is 0 Å². The number of benzene rings is 1. The normalized spacial score (nSPS) is 40.5. The number of carbonyl (C=O) groups is 2. The molecule has 9 heteroatoms. The van der Waals surface area contributed by atoms with Crippen LogP contribution in [-0.2, 0) is 23.8 Å². The second-order valence-electron chi connectivity index (χ2n) is 12.8. The zero-order valence-corrected chi connectivity index (χ0v) is 23.4. The highest BCUT2D eigenvalue weighted by Crippen LogP contribution is 2.76. The van der Waals surface area contributed by atoms with Crippen molar-refractivity contribution in [3.05, 3.63) is 41.5 Å². The summed E-state index contributed by atoms with van der Waals surface area (Å²) in [5, 5.41) is 21.0. The first-order chi connectivity index (χ1) is 18.4. The third-order valence-corrected chi connectivity index (χ3v) is 12.4. The number of carbonyl (C=O) groups excluding carboxylic acids is 1. The van der Waals surface area contributed by atoms with Crippen molar-refractivity contribution in [2.45, 2.75) is 69.3 Å². The number of ether oxygens (including phenoxy) is 1. The van der Waals surface area contributed by atoms with Gasteiger partial charge in [0.1, 0.15) is 0 Å². The molecule has 1 aromatic carbocycles. The van der Waals surface area contributed by atoms with E-state index in [9.17, 15) is 23.1 Å². The first kappa shape index (κ1) is 27.0. The van der Waals surface area contributed by atoms with Crippen molar-refractivity contribution < 1.29 is 37.1 Å². The van der Waals surface area contributed by atoms with E-state index in [-0.39, 0.29) is 53.0 Å². The summed E-state index contributed by atoms with van der Waals surface area (Å²) in [5.74, 6) is 1.63. The molecule has 6 rings (SSSR count). The molecule has 2 N–H and O–H groups in total. The van der Waals surface area contributed by atoms with Gasteiger partial charge in [-0.05, 0) is 92.7 Å². The first-order valence-electron chi connectivity index (χ1n) is 14.2. The Morgan fingerprint density at radius 1 is 1.10 bits per heavy atom. The van der Waals surface area contributed by atoms with E-state index >= 15 is 0 Å². The zero-order valence-electron chi connectivity index (χ0n) is 22.5. The van der Waals surface area contributed by atoms with Crippen molar-refractivity contribution in [2.24, 2.45) is 46.8 Å². The van der Waals surface area contributed by atoms with Gasteiger partial charge in [-0.3, -0.25) is 8.98 Å². The SMILES string of the molecule is Cc1ccc(S(=O)(=O)OC[C@@H]2C[C@@H]3[C@H](CC[C@@]4(C)[C@H]3[C@H]3C[C@H]3[C@@]4(O)CCOC(=O)O)[C@H]3CCC(=O)C=C23)cc1. The van der Waals surface area contributed by atoms with E-state index in [1.165, 1.54) is 0 Å². The standard InChI is InChI=1S/C30H38O8S/c1-17-3-6-20(7-4-17)39(35,36)38-16-18-13-24-22(21-8-5-19(31)14-23(18)21)9-10-29(2)27(24)25-15-26(25)30(29,34)11-12-37-28(32)33/h3-4,6-7,14,18,21-22,24-27,34H,5,8-13,15-16H2,1-2H3,(H,32,33)/t18-,21+,22+,24+,25-,26+,27+,29-,30-/m0/s1. The van der Waals surface area contributed by atoms with Crippen LogP contribution in [0.5, 0.6) is 0 Å². The van der Waals surface area contributed by atoms with Crippen molar-refractivity contribution in [2.75, 3.05) is 13.2 Å². The lowest BCUT2D eigenvalue weighted by Gasteiger charge is -2.58. The number of hydrogen-bond acceptors (Lipinski definition) is 7. The summed E-state index contributed by atoms with van der Waals surface area (Å²) < 4.78 is 36.5. The maximum Gasteiger partial charge on any atom is 0.505 e. The molecule has 0 amide bonds. The zero-order chi connectivity index (χ0) is 27.7. The Bertz CT molecular complexity index is 1300. The van der Waals surface area contributed by atoms with E-state index in [1.54, 1.807) is 30.3 Å². The summed E-state index contributed by atoms with van der Waals surface area (Å²) in [7, 11) is -3.94. The van der Waals surface area contributed by atoms with E-state index in [2.05, 4.69) is 6.92 Å². The van der Waals surface area contributed by atoms with Crippen LogP contribution in [-0.4, -0.2) is 49.4 Å². The minimum atomic E-state index is -3.94. The number of ketones is 1. The lowest BCUT2D eigenvalue weighted by Crippen LogP contribution is -2.56. The van der Waals surface area contributed by atoms with Gasteiger partial charge < -0.3 is 14.9 Å². The van der Waals surface area contributed by atoms with Gasteiger partial charge in [0.25, 0.3) is 10.1 Å². The number of aryl methyl sites for hydroxylation is 1. The summed E-state index contributed by atoms with van der Waals surface area (Å²) in [6.07, 6.45) is 5.49. The number of rotatable bonds is 7. The predicted octanol–water partition coefficient (Wildman–Crippen LogP) is 4.74. The molecule has 5 aliphatic rings. The Hall–Kier alpha value is -2.23. The van der Waals surface area contributed by atoms with Gasteiger partial charge in [-0.15, -0.1) is 0 Å². The molecule has 0 heterocycles. The van der Waals surface area contributed by atoms with Gasteiger partial charge in [0.05, 0.1) is 23.7 Å². The molecule has 39 heavy (non-hydrogen) atoms. The Morgan fingerprint density at radius 3 is 2.56 bits per heavy atom. The van der Waals surface area contributed by atoms with E-state index in [1.807, 2.05) is 6.92 Å². The van der Waals surface area contributed by atoms with Crippen LogP contribution in [0.15, 0.2) is 40.8 Å². The molecule has 0 unspecified atom stereocenters. The Balaban J connectivity index is 1.27. The molecule has 5 aliphatic carbocycles. The van der Waals surface area contributed by atoms with Crippen LogP contribution in [0.4, 0.5) is 4.79 Å². The molecule has 0 aromatic heterocycles. The summed E-state index contributed by atoms with van der Waals surface area (Å²) in [5.41, 5.74) is 0.688. The average Bonchev–Trinajstić information content (AvgIpc) is 3.64. The maximum absolute atomic E-state index is 13.0. The molecule has 9 atom stereocenters. The second-order valence-corrected chi connectivity index (χ2v) is 14.5. The topological polar surface area (TPSA) is 127 Å². The van der Waals surface area contributed by atoms with Crippen molar-refractivity contribution in [3.63, 3.8) is 0 Å². The summed E-state index contributed by atoms with van der Waals surface area (Å²) in [6, 6.07) is 6.61. The summed E-state index contributed by atoms with van der Waals surface area (Å²) >= 11 is 0. The van der Waals surface area contributed by atoms with Gasteiger partial charge in [0, 0.05) is 24.2 Å². The molecule has 0 radical (unpaired) electrons. The quantitative estimate of drug-likeness (QED) is 0.363. The fourth-order valence-electron chi connectivity index (χ4n) is 9.34. The minimum Gasteiger partial charge on any atom is -0.450 e. The number of carboxylic acid groups (broad SMARTS) is 1. The molecular weight excluding hydrogens is 520 g/mol. The Kier molecular flexibility index (Phi) is 6.51. The van der Waals surface area contributed by atoms with Gasteiger partial charge in [-0.2, -0.15) is 8.42 Å². The fourth-order valence-corrected chi connectivity index (χ4v) is 10.3. The molecule has 0 saturated heterocycles. The molecule has 4 fully saturated rings. The Labute approximate surface area is 229 Å². The highest BCUT2D eigenvalue weighted by molar-refractivity contribution is 7.86. The molecule has 8 nitrogen and oxygen atoms in total. The highest BCUT2D eigenvalue weighted by atomic mass is 32.2. The largest absolute Gasteiger partial charge is 0.505 e. The van der Waals surface area contributed by atoms with Crippen LogP contribution in [0.25, 0.3) is 0 Å².